The van der Waals surface area contributed by atoms with Crippen molar-refractivity contribution in [2.75, 3.05) is 4.90 Å². The Morgan fingerprint density at radius 1 is 0.242 bits per heavy atom. The number of hydrogen-bond donors (Lipinski definition) is 0. The molecule has 12 aromatic rings. The summed E-state index contributed by atoms with van der Waals surface area (Å²) in [5.74, 6) is 0. The number of fused-ring (bicyclic) bond motifs is 17. The molecule has 0 atom stereocenters. The van der Waals surface area contributed by atoms with Gasteiger partial charge in [0.25, 0.3) is 0 Å². The number of nitrogens with zero attached hydrogens (tertiary/aromatic N) is 1. The maximum absolute atomic E-state index is 2.57. The van der Waals surface area contributed by atoms with Crippen LogP contribution in [0.5, 0.6) is 0 Å². The van der Waals surface area contributed by atoms with Crippen LogP contribution in [0.1, 0.15) is 22.3 Å². The van der Waals surface area contributed by atoms with Crippen molar-refractivity contribution in [3.63, 3.8) is 0 Å². The third-order valence-corrected chi connectivity index (χ3v) is 14.6. The average Bonchev–Trinajstić information content (AvgIpc) is 3.86. The van der Waals surface area contributed by atoms with Gasteiger partial charge >= 0.3 is 0 Å². The highest BCUT2D eigenvalue weighted by atomic mass is 15.1. The summed E-state index contributed by atoms with van der Waals surface area (Å²) in [6.07, 6.45) is 0. The van der Waals surface area contributed by atoms with E-state index in [-0.39, 0.29) is 0 Å². The molecule has 2 aliphatic rings. The van der Waals surface area contributed by atoms with Crippen molar-refractivity contribution >= 4 is 60.2 Å². The summed E-state index contributed by atoms with van der Waals surface area (Å²) in [6.45, 7) is 0. The zero-order valence-electron chi connectivity index (χ0n) is 36.1. The van der Waals surface area contributed by atoms with E-state index in [0.29, 0.717) is 0 Å². The molecule has 0 amide bonds. The van der Waals surface area contributed by atoms with Crippen LogP contribution in [0.25, 0.3) is 87.6 Å². The molecule has 0 saturated carbocycles. The van der Waals surface area contributed by atoms with Crippen molar-refractivity contribution in [2.24, 2.45) is 0 Å². The quantitative estimate of drug-likeness (QED) is 0.156. The first-order chi connectivity index (χ1) is 32.8. The maximum Gasteiger partial charge on any atom is 0.0726 e. The Bertz CT molecular complexity index is 3870. The van der Waals surface area contributed by atoms with Gasteiger partial charge in [-0.3, -0.25) is 0 Å². The molecule has 14 rings (SSSR count). The van der Waals surface area contributed by atoms with Crippen LogP contribution in [-0.4, -0.2) is 0 Å². The first-order valence-corrected chi connectivity index (χ1v) is 23.0. The molecule has 306 valence electrons. The predicted molar refractivity (Wildman–Crippen MR) is 278 cm³/mol. The number of hydrogen-bond acceptors (Lipinski definition) is 1. The van der Waals surface area contributed by atoms with Gasteiger partial charge in [-0.25, -0.2) is 0 Å². The first kappa shape index (κ1) is 36.9. The summed E-state index contributed by atoms with van der Waals surface area (Å²) in [7, 11) is 0. The van der Waals surface area contributed by atoms with E-state index in [1.807, 2.05) is 0 Å². The minimum atomic E-state index is -0.515. The summed E-state index contributed by atoms with van der Waals surface area (Å²) in [5, 5.41) is 10.00. The second kappa shape index (κ2) is 14.2. The second-order valence-corrected chi connectivity index (χ2v) is 17.9. The minimum Gasteiger partial charge on any atom is -0.309 e. The Morgan fingerprint density at radius 2 is 0.742 bits per heavy atom. The summed E-state index contributed by atoms with van der Waals surface area (Å²) in [6, 6.07) is 93.0. The highest BCUT2D eigenvalue weighted by Crippen LogP contribution is 2.64. The molecule has 1 nitrogen and oxygen atoms in total. The fourth-order valence-corrected chi connectivity index (χ4v) is 11.9. The number of benzene rings is 12. The van der Waals surface area contributed by atoms with Gasteiger partial charge in [0.15, 0.2) is 0 Å². The van der Waals surface area contributed by atoms with Crippen molar-refractivity contribution in [1.82, 2.24) is 0 Å². The van der Waals surface area contributed by atoms with E-state index in [1.165, 1.54) is 110 Å². The third kappa shape index (κ3) is 5.17. The molecule has 1 spiro atoms. The lowest BCUT2D eigenvalue weighted by Gasteiger charge is -2.34. The zero-order valence-corrected chi connectivity index (χ0v) is 36.1. The largest absolute Gasteiger partial charge is 0.309 e. The van der Waals surface area contributed by atoms with Crippen molar-refractivity contribution in [1.29, 1.82) is 0 Å². The Balaban J connectivity index is 1.15. The topological polar surface area (TPSA) is 3.24 Å². The molecule has 0 fully saturated rings. The van der Waals surface area contributed by atoms with E-state index in [4.69, 9.17) is 0 Å². The summed E-state index contributed by atoms with van der Waals surface area (Å²) in [5.41, 5.74) is 18.0. The van der Waals surface area contributed by atoms with Crippen LogP contribution >= 0.6 is 0 Å². The molecule has 12 aromatic carbocycles. The smallest absolute Gasteiger partial charge is 0.0726 e. The number of para-hydroxylation sites is 1. The van der Waals surface area contributed by atoms with Gasteiger partial charge in [-0.05, 0) is 135 Å². The van der Waals surface area contributed by atoms with Crippen molar-refractivity contribution in [2.45, 2.75) is 5.41 Å². The molecule has 1 heteroatoms. The van der Waals surface area contributed by atoms with Crippen LogP contribution in [0.3, 0.4) is 0 Å². The van der Waals surface area contributed by atoms with Crippen molar-refractivity contribution in [3.05, 3.63) is 271 Å². The van der Waals surface area contributed by atoms with E-state index in [1.54, 1.807) is 0 Å². The highest BCUT2D eigenvalue weighted by molar-refractivity contribution is 6.26. The fourth-order valence-electron chi connectivity index (χ4n) is 11.9. The molecule has 0 N–H and O–H groups in total. The van der Waals surface area contributed by atoms with Crippen LogP contribution in [0.4, 0.5) is 17.1 Å². The molecular weight excluding hydrogens is 795 g/mol. The van der Waals surface area contributed by atoms with Crippen LogP contribution in [-0.2, 0) is 5.41 Å². The van der Waals surface area contributed by atoms with E-state index >= 15 is 0 Å². The fraction of sp³-hybridized carbons (Fsp3) is 0.0154. The molecule has 0 radical (unpaired) electrons. The standard InChI is InChI=1S/C65H41N/c1-2-19-43(20-3-1)47-22-13-17-33-63(47)66(46-36-37-52-50-25-7-6-23-48(50)49-24-8-9-26-51(49)57(52)39-46)64-41-62-58(40-56(64)45-35-34-42-18-4-5-21-44(42)38-45)55-29-12-16-32-61(55)65(62)59-30-14-10-27-53(59)54-28-11-15-31-60(54)65/h1-41H. The van der Waals surface area contributed by atoms with Gasteiger partial charge in [0, 0.05) is 16.8 Å². The molecule has 0 unspecified atom stereocenters. The molecule has 0 saturated heterocycles. The van der Waals surface area contributed by atoms with Crippen molar-refractivity contribution in [3.8, 4) is 44.5 Å². The third-order valence-electron chi connectivity index (χ3n) is 14.6. The predicted octanol–water partition coefficient (Wildman–Crippen LogP) is 17.4. The summed E-state index contributed by atoms with van der Waals surface area (Å²) >= 11 is 0. The molecule has 2 aliphatic carbocycles. The average molecular weight is 836 g/mol. The van der Waals surface area contributed by atoms with Gasteiger partial charge in [0.2, 0.25) is 0 Å². The lowest BCUT2D eigenvalue weighted by Crippen LogP contribution is -2.26. The Labute approximate surface area is 384 Å². The molecular formula is C65H41N. The molecule has 0 bridgehead atoms. The number of anilines is 3. The van der Waals surface area contributed by atoms with Crippen LogP contribution in [0.2, 0.25) is 0 Å². The Morgan fingerprint density at radius 3 is 1.39 bits per heavy atom. The van der Waals surface area contributed by atoms with Gasteiger partial charge in [-0.15, -0.1) is 0 Å². The summed E-state index contributed by atoms with van der Waals surface area (Å²) < 4.78 is 0. The van der Waals surface area contributed by atoms with E-state index in [9.17, 15) is 0 Å². The van der Waals surface area contributed by atoms with Gasteiger partial charge in [-0.2, -0.15) is 0 Å². The van der Waals surface area contributed by atoms with E-state index in [2.05, 4.69) is 254 Å². The minimum absolute atomic E-state index is 0.515. The lowest BCUT2D eigenvalue weighted by atomic mass is 9.70. The Hall–Kier alpha value is -8.52. The van der Waals surface area contributed by atoms with E-state index < -0.39 is 5.41 Å². The summed E-state index contributed by atoms with van der Waals surface area (Å²) in [4.78, 5) is 2.57. The second-order valence-electron chi connectivity index (χ2n) is 17.9. The SMILES string of the molecule is c1ccc(-c2ccccc2N(c2ccc3c4ccccc4c4ccccc4c3c2)c2cc3c(cc2-c2ccc4ccccc4c2)-c2ccccc2C32c3ccccc3-c3ccccc32)cc1. The van der Waals surface area contributed by atoms with Gasteiger partial charge < -0.3 is 4.90 Å². The van der Waals surface area contributed by atoms with E-state index in [0.717, 1.165) is 17.1 Å². The van der Waals surface area contributed by atoms with Gasteiger partial charge in [0.05, 0.1) is 16.8 Å². The van der Waals surface area contributed by atoms with Crippen LogP contribution < -0.4 is 4.90 Å². The first-order valence-electron chi connectivity index (χ1n) is 23.0. The molecule has 0 aliphatic heterocycles. The van der Waals surface area contributed by atoms with Crippen LogP contribution in [0.15, 0.2) is 249 Å². The zero-order chi connectivity index (χ0) is 43.3. The van der Waals surface area contributed by atoms with Gasteiger partial charge in [0.1, 0.15) is 0 Å². The lowest BCUT2D eigenvalue weighted by molar-refractivity contribution is 0.794. The van der Waals surface area contributed by atoms with Gasteiger partial charge in [-0.1, -0.05) is 212 Å². The maximum atomic E-state index is 2.57. The molecule has 0 heterocycles. The highest BCUT2D eigenvalue weighted by Gasteiger charge is 2.52. The van der Waals surface area contributed by atoms with Crippen molar-refractivity contribution < 1.29 is 0 Å². The normalized spacial score (nSPS) is 13.0. The molecule has 66 heavy (non-hydrogen) atoms. The monoisotopic (exact) mass is 835 g/mol. The molecule has 0 aromatic heterocycles. The Kier molecular flexibility index (Phi) is 7.97. The number of rotatable bonds is 5. The van der Waals surface area contributed by atoms with Crippen LogP contribution in [0, 0.1) is 0 Å².